The summed E-state index contributed by atoms with van der Waals surface area (Å²) in [4.78, 5) is 28.3. The molecule has 0 aliphatic carbocycles. The van der Waals surface area contributed by atoms with Crippen LogP contribution in [0, 0.1) is 5.82 Å². The van der Waals surface area contributed by atoms with E-state index in [0.29, 0.717) is 18.7 Å². The fraction of sp³-hybridized carbons (Fsp3) is 0.310. The Labute approximate surface area is 229 Å². The van der Waals surface area contributed by atoms with Crippen LogP contribution in [0.3, 0.4) is 0 Å². The number of benzene rings is 3. The molecule has 2 amide bonds. The molecule has 1 N–H and O–H groups in total. The van der Waals surface area contributed by atoms with Gasteiger partial charge in [0.1, 0.15) is 24.2 Å². The zero-order valence-electron chi connectivity index (χ0n) is 22.3. The van der Waals surface area contributed by atoms with Crippen molar-refractivity contribution >= 4 is 27.5 Å². The standard InChI is InChI=1S/C29H34FN3O5S/c1-4-19-31-29(35)27(5-2)32(20-22-11-15-25(38-3)16-12-22)28(34)21-33(24-9-7-6-8-10-24)39(36,37)26-17-13-23(30)14-18-26/h6-18,27H,4-5,19-21H2,1-3H3,(H,31,35)/t27-/m0/s1. The Morgan fingerprint density at radius 1 is 0.949 bits per heavy atom. The summed E-state index contributed by atoms with van der Waals surface area (Å²) in [6.45, 7) is 3.71. The molecule has 10 heteroatoms. The lowest BCUT2D eigenvalue weighted by atomic mass is 10.1. The first kappa shape index (κ1) is 29.6. The van der Waals surface area contributed by atoms with Crippen LogP contribution in [0.5, 0.6) is 5.75 Å². The van der Waals surface area contributed by atoms with Gasteiger partial charge in [-0.1, -0.05) is 44.2 Å². The minimum Gasteiger partial charge on any atom is -0.497 e. The van der Waals surface area contributed by atoms with Crippen LogP contribution in [-0.4, -0.2) is 51.4 Å². The summed E-state index contributed by atoms with van der Waals surface area (Å²) in [6.07, 6.45) is 1.06. The van der Waals surface area contributed by atoms with E-state index in [2.05, 4.69) is 5.32 Å². The third-order valence-corrected chi connectivity index (χ3v) is 7.96. The molecule has 3 aromatic rings. The molecule has 8 nitrogen and oxygen atoms in total. The molecule has 0 saturated heterocycles. The summed E-state index contributed by atoms with van der Waals surface area (Å²) in [5, 5.41) is 2.85. The maximum absolute atomic E-state index is 13.9. The molecule has 0 aliphatic rings. The summed E-state index contributed by atoms with van der Waals surface area (Å²) >= 11 is 0. The Morgan fingerprint density at radius 2 is 1.59 bits per heavy atom. The van der Waals surface area contributed by atoms with E-state index in [1.165, 1.54) is 4.90 Å². The van der Waals surface area contributed by atoms with E-state index in [-0.39, 0.29) is 23.0 Å². The largest absolute Gasteiger partial charge is 0.497 e. The highest BCUT2D eigenvalue weighted by Gasteiger charge is 2.33. The van der Waals surface area contributed by atoms with Gasteiger partial charge >= 0.3 is 0 Å². The molecule has 0 unspecified atom stereocenters. The summed E-state index contributed by atoms with van der Waals surface area (Å²) in [5.74, 6) is -0.802. The van der Waals surface area contributed by atoms with Gasteiger partial charge in [0.15, 0.2) is 0 Å². The Balaban J connectivity index is 2.01. The predicted octanol–water partition coefficient (Wildman–Crippen LogP) is 4.36. The number of carbonyl (C=O) groups is 2. The first-order valence-electron chi connectivity index (χ1n) is 12.7. The second kappa shape index (κ2) is 13.7. The molecule has 3 rings (SSSR count). The smallest absolute Gasteiger partial charge is 0.264 e. The van der Waals surface area contributed by atoms with Gasteiger partial charge in [0.25, 0.3) is 10.0 Å². The van der Waals surface area contributed by atoms with Gasteiger partial charge in [-0.15, -0.1) is 0 Å². The van der Waals surface area contributed by atoms with Gasteiger partial charge in [-0.2, -0.15) is 0 Å². The van der Waals surface area contributed by atoms with E-state index in [9.17, 15) is 22.4 Å². The maximum atomic E-state index is 13.9. The SMILES string of the molecule is CCCNC(=O)[C@H](CC)N(Cc1ccc(OC)cc1)C(=O)CN(c1ccccc1)S(=O)(=O)c1ccc(F)cc1. The minimum atomic E-state index is -4.25. The van der Waals surface area contributed by atoms with Crippen LogP contribution in [0.4, 0.5) is 10.1 Å². The molecule has 3 aromatic carbocycles. The van der Waals surface area contributed by atoms with Crippen molar-refractivity contribution in [1.82, 2.24) is 10.2 Å². The van der Waals surface area contributed by atoms with E-state index in [0.717, 1.165) is 40.6 Å². The highest BCUT2D eigenvalue weighted by Crippen LogP contribution is 2.25. The van der Waals surface area contributed by atoms with Gasteiger partial charge in [0, 0.05) is 13.1 Å². The molecule has 0 aromatic heterocycles. The average Bonchev–Trinajstić information content (AvgIpc) is 2.95. The Bertz CT molecular complexity index is 1330. The lowest BCUT2D eigenvalue weighted by Crippen LogP contribution is -2.52. The van der Waals surface area contributed by atoms with E-state index >= 15 is 0 Å². The van der Waals surface area contributed by atoms with Gasteiger partial charge in [-0.05, 0) is 66.9 Å². The van der Waals surface area contributed by atoms with E-state index in [4.69, 9.17) is 4.74 Å². The van der Waals surface area contributed by atoms with Crippen molar-refractivity contribution in [2.24, 2.45) is 0 Å². The number of nitrogens with zero attached hydrogens (tertiary/aromatic N) is 2. The van der Waals surface area contributed by atoms with Crippen LogP contribution >= 0.6 is 0 Å². The predicted molar refractivity (Wildman–Crippen MR) is 148 cm³/mol. The van der Waals surface area contributed by atoms with Gasteiger partial charge in [-0.25, -0.2) is 12.8 Å². The number of sulfonamides is 1. The van der Waals surface area contributed by atoms with Crippen LogP contribution < -0.4 is 14.4 Å². The molecule has 0 aliphatic heterocycles. The zero-order chi connectivity index (χ0) is 28.4. The number of halogens is 1. The maximum Gasteiger partial charge on any atom is 0.264 e. The fourth-order valence-corrected chi connectivity index (χ4v) is 5.48. The van der Waals surface area contributed by atoms with E-state index in [1.54, 1.807) is 68.6 Å². The van der Waals surface area contributed by atoms with Crippen molar-refractivity contribution in [3.63, 3.8) is 0 Å². The number of methoxy groups -OCH3 is 1. The molecule has 0 bridgehead atoms. The third-order valence-electron chi connectivity index (χ3n) is 6.17. The van der Waals surface area contributed by atoms with Gasteiger partial charge in [0.05, 0.1) is 17.7 Å². The molecule has 0 spiro atoms. The number of rotatable bonds is 13. The van der Waals surface area contributed by atoms with Crippen LogP contribution in [-0.2, 0) is 26.2 Å². The highest BCUT2D eigenvalue weighted by atomic mass is 32.2. The number of ether oxygens (including phenoxy) is 1. The lowest BCUT2D eigenvalue weighted by molar-refractivity contribution is -0.140. The number of hydrogen-bond donors (Lipinski definition) is 1. The van der Waals surface area contributed by atoms with E-state index < -0.39 is 34.3 Å². The summed E-state index contributed by atoms with van der Waals surface area (Å²) in [5.41, 5.74) is 1.02. The second-order valence-electron chi connectivity index (χ2n) is 8.89. The van der Waals surface area contributed by atoms with Crippen LogP contribution in [0.2, 0.25) is 0 Å². The van der Waals surface area contributed by atoms with Crippen LogP contribution in [0.25, 0.3) is 0 Å². The lowest BCUT2D eigenvalue weighted by Gasteiger charge is -2.33. The van der Waals surface area contributed by atoms with Gasteiger partial charge in [-0.3, -0.25) is 13.9 Å². The van der Waals surface area contributed by atoms with Crippen molar-refractivity contribution in [3.05, 3.63) is 90.2 Å². The molecule has 208 valence electrons. The molecule has 0 fully saturated rings. The topological polar surface area (TPSA) is 96.0 Å². The number of nitrogens with one attached hydrogen (secondary N) is 1. The summed E-state index contributed by atoms with van der Waals surface area (Å²) < 4.78 is 47.1. The molecular weight excluding hydrogens is 521 g/mol. The molecule has 1 atom stereocenters. The first-order valence-corrected chi connectivity index (χ1v) is 14.2. The number of anilines is 1. The molecule has 0 radical (unpaired) electrons. The van der Waals surface area contributed by atoms with Crippen molar-refractivity contribution in [2.75, 3.05) is 24.5 Å². The average molecular weight is 556 g/mol. The quantitative estimate of drug-likeness (QED) is 0.338. The Hall–Kier alpha value is -3.92. The highest BCUT2D eigenvalue weighted by molar-refractivity contribution is 7.92. The van der Waals surface area contributed by atoms with Crippen LogP contribution in [0.1, 0.15) is 32.3 Å². The molecule has 39 heavy (non-hydrogen) atoms. The van der Waals surface area contributed by atoms with Crippen molar-refractivity contribution < 1.29 is 27.1 Å². The molecular formula is C29H34FN3O5S. The minimum absolute atomic E-state index is 0.0834. The zero-order valence-corrected chi connectivity index (χ0v) is 23.2. The third kappa shape index (κ3) is 7.57. The fourth-order valence-electron chi connectivity index (χ4n) is 4.07. The van der Waals surface area contributed by atoms with Crippen molar-refractivity contribution in [1.29, 1.82) is 0 Å². The summed E-state index contributed by atoms with van der Waals surface area (Å²) in [6, 6.07) is 18.9. The number of amides is 2. The number of para-hydroxylation sites is 1. The number of hydrogen-bond acceptors (Lipinski definition) is 5. The van der Waals surface area contributed by atoms with E-state index in [1.807, 2.05) is 6.92 Å². The monoisotopic (exact) mass is 555 g/mol. The number of carbonyl (C=O) groups excluding carboxylic acids is 2. The summed E-state index contributed by atoms with van der Waals surface area (Å²) in [7, 11) is -2.69. The normalized spacial score (nSPS) is 11.9. The molecule has 0 saturated carbocycles. The van der Waals surface area contributed by atoms with Gasteiger partial charge in [0.2, 0.25) is 11.8 Å². The Kier molecular flexibility index (Phi) is 10.4. The Morgan fingerprint density at radius 3 is 2.15 bits per heavy atom. The first-order chi connectivity index (χ1) is 18.7. The molecule has 0 heterocycles. The van der Waals surface area contributed by atoms with Gasteiger partial charge < -0.3 is 15.0 Å². The second-order valence-corrected chi connectivity index (χ2v) is 10.7. The van der Waals surface area contributed by atoms with Crippen molar-refractivity contribution in [3.8, 4) is 5.75 Å². The van der Waals surface area contributed by atoms with Crippen molar-refractivity contribution in [2.45, 2.75) is 44.2 Å². The van der Waals surface area contributed by atoms with Crippen LogP contribution in [0.15, 0.2) is 83.8 Å².